The van der Waals surface area contributed by atoms with Crippen molar-refractivity contribution in [1.29, 1.82) is 0 Å². The quantitative estimate of drug-likeness (QED) is 0.843. The van der Waals surface area contributed by atoms with Crippen molar-refractivity contribution < 1.29 is 9.53 Å². The summed E-state index contributed by atoms with van der Waals surface area (Å²) < 4.78 is 5.37. The van der Waals surface area contributed by atoms with Crippen LogP contribution >= 0.6 is 0 Å². The van der Waals surface area contributed by atoms with E-state index >= 15 is 0 Å². The van der Waals surface area contributed by atoms with Gasteiger partial charge in [-0.1, -0.05) is 26.0 Å². The van der Waals surface area contributed by atoms with Crippen molar-refractivity contribution in [3.8, 4) is 0 Å². The van der Waals surface area contributed by atoms with Crippen LogP contribution in [0.2, 0.25) is 0 Å². The smallest absolute Gasteiger partial charge is 0.227 e. The number of hydrogen-bond donors (Lipinski definition) is 2. The van der Waals surface area contributed by atoms with E-state index in [1.807, 2.05) is 31.2 Å². The van der Waals surface area contributed by atoms with Crippen LogP contribution in [0.4, 0.5) is 11.4 Å². The first-order valence-corrected chi connectivity index (χ1v) is 7.94. The Morgan fingerprint density at radius 2 is 1.95 bits per heavy atom. The van der Waals surface area contributed by atoms with Gasteiger partial charge in [0.2, 0.25) is 5.91 Å². The zero-order valence-corrected chi connectivity index (χ0v) is 13.0. The van der Waals surface area contributed by atoms with Gasteiger partial charge < -0.3 is 15.4 Å². The van der Waals surface area contributed by atoms with Crippen LogP contribution in [0.25, 0.3) is 0 Å². The first kappa shape index (κ1) is 15.8. The Morgan fingerprint density at radius 3 is 2.62 bits per heavy atom. The van der Waals surface area contributed by atoms with Gasteiger partial charge in [-0.2, -0.15) is 0 Å². The largest absolute Gasteiger partial charge is 0.383 e. The lowest BCUT2D eigenvalue weighted by Gasteiger charge is -2.27. The lowest BCUT2D eigenvalue weighted by atomic mass is 9.86. The van der Waals surface area contributed by atoms with Gasteiger partial charge in [-0.15, -0.1) is 0 Å². The molecule has 2 rings (SSSR count). The third kappa shape index (κ3) is 4.46. The number of rotatable bonds is 6. The second-order valence-electron chi connectivity index (χ2n) is 5.70. The van der Waals surface area contributed by atoms with Crippen molar-refractivity contribution in [2.45, 2.75) is 33.1 Å². The normalized spacial score (nSPS) is 17.2. The number of carbonyl (C=O) groups is 1. The van der Waals surface area contributed by atoms with Gasteiger partial charge in [0, 0.05) is 25.7 Å². The number of nitrogens with one attached hydrogen (secondary N) is 2. The maximum absolute atomic E-state index is 12.5. The highest BCUT2D eigenvalue weighted by Crippen LogP contribution is 2.27. The zero-order chi connectivity index (χ0) is 15.1. The molecule has 0 bridgehead atoms. The van der Waals surface area contributed by atoms with Crippen LogP contribution in [0.3, 0.4) is 0 Å². The summed E-state index contributed by atoms with van der Waals surface area (Å²) in [5.74, 6) is 0.551. The van der Waals surface area contributed by atoms with Crippen LogP contribution in [0.1, 0.15) is 33.1 Å². The first-order valence-electron chi connectivity index (χ1n) is 7.94. The molecule has 1 amide bonds. The van der Waals surface area contributed by atoms with E-state index < -0.39 is 0 Å². The molecule has 0 saturated carbocycles. The molecule has 0 aliphatic carbocycles. The zero-order valence-electron chi connectivity index (χ0n) is 13.0. The molecular weight excluding hydrogens is 264 g/mol. The third-order valence-corrected chi connectivity index (χ3v) is 4.14. The Hall–Kier alpha value is -1.55. The summed E-state index contributed by atoms with van der Waals surface area (Å²) in [6, 6.07) is 7.89. The summed E-state index contributed by atoms with van der Waals surface area (Å²) in [5, 5.41) is 6.43. The van der Waals surface area contributed by atoms with Gasteiger partial charge in [-0.3, -0.25) is 4.79 Å². The maximum atomic E-state index is 12.5. The second-order valence-corrected chi connectivity index (χ2v) is 5.70. The third-order valence-electron chi connectivity index (χ3n) is 4.14. The maximum Gasteiger partial charge on any atom is 0.227 e. The van der Waals surface area contributed by atoms with E-state index in [4.69, 9.17) is 4.74 Å². The molecule has 4 heteroatoms. The molecule has 1 aromatic carbocycles. The van der Waals surface area contributed by atoms with Crippen molar-refractivity contribution in [1.82, 2.24) is 0 Å². The SMILES string of the molecule is CCCNc1ccccc1NC(=O)C(C)C1CCOCC1. The molecule has 1 aromatic rings. The molecule has 1 aliphatic heterocycles. The topological polar surface area (TPSA) is 50.4 Å². The molecule has 0 radical (unpaired) electrons. The number of benzene rings is 1. The molecule has 1 atom stereocenters. The number of ether oxygens (including phenoxy) is 1. The van der Waals surface area contributed by atoms with E-state index in [0.29, 0.717) is 5.92 Å². The fraction of sp³-hybridized carbons (Fsp3) is 0.588. The second kappa shape index (κ2) is 8.03. The number of carbonyl (C=O) groups excluding carboxylic acids is 1. The van der Waals surface area contributed by atoms with E-state index in [1.165, 1.54) is 0 Å². The summed E-state index contributed by atoms with van der Waals surface area (Å²) in [7, 11) is 0. The predicted molar refractivity (Wildman–Crippen MR) is 86.6 cm³/mol. The van der Waals surface area contributed by atoms with E-state index in [9.17, 15) is 4.79 Å². The van der Waals surface area contributed by atoms with Gasteiger partial charge in [0.05, 0.1) is 11.4 Å². The van der Waals surface area contributed by atoms with E-state index in [-0.39, 0.29) is 11.8 Å². The van der Waals surface area contributed by atoms with E-state index in [0.717, 1.165) is 50.4 Å². The van der Waals surface area contributed by atoms with Crippen molar-refractivity contribution in [2.75, 3.05) is 30.4 Å². The molecule has 1 saturated heterocycles. The molecule has 116 valence electrons. The van der Waals surface area contributed by atoms with Crippen LogP contribution in [0, 0.1) is 11.8 Å². The molecule has 1 unspecified atom stereocenters. The Bertz CT molecular complexity index is 456. The standard InChI is InChI=1S/C17H26N2O2/c1-3-10-18-15-6-4-5-7-16(15)19-17(20)13(2)14-8-11-21-12-9-14/h4-7,13-14,18H,3,8-12H2,1-2H3,(H,19,20). The number of hydrogen-bond acceptors (Lipinski definition) is 3. The molecule has 4 nitrogen and oxygen atoms in total. The minimum Gasteiger partial charge on any atom is -0.383 e. The summed E-state index contributed by atoms with van der Waals surface area (Å²) in [5.41, 5.74) is 1.86. The molecule has 2 N–H and O–H groups in total. The molecular formula is C17H26N2O2. The number of para-hydroxylation sites is 2. The lowest BCUT2D eigenvalue weighted by Crippen LogP contribution is -2.31. The summed E-state index contributed by atoms with van der Waals surface area (Å²) in [6.45, 7) is 6.60. The van der Waals surface area contributed by atoms with Crippen LogP contribution in [0.15, 0.2) is 24.3 Å². The fourth-order valence-electron chi connectivity index (χ4n) is 2.68. The van der Waals surface area contributed by atoms with Crippen molar-refractivity contribution >= 4 is 17.3 Å². The molecule has 0 spiro atoms. The van der Waals surface area contributed by atoms with Gasteiger partial charge in [-0.05, 0) is 37.3 Å². The average Bonchev–Trinajstić information content (AvgIpc) is 2.54. The van der Waals surface area contributed by atoms with Gasteiger partial charge in [0.15, 0.2) is 0 Å². The molecule has 1 heterocycles. The Labute approximate surface area is 127 Å². The number of amides is 1. The monoisotopic (exact) mass is 290 g/mol. The van der Waals surface area contributed by atoms with Crippen molar-refractivity contribution in [3.63, 3.8) is 0 Å². The van der Waals surface area contributed by atoms with Crippen LogP contribution in [-0.4, -0.2) is 25.7 Å². The van der Waals surface area contributed by atoms with Crippen LogP contribution in [-0.2, 0) is 9.53 Å². The first-order chi connectivity index (χ1) is 10.2. The number of anilines is 2. The van der Waals surface area contributed by atoms with Gasteiger partial charge >= 0.3 is 0 Å². The van der Waals surface area contributed by atoms with Crippen molar-refractivity contribution in [3.05, 3.63) is 24.3 Å². The lowest BCUT2D eigenvalue weighted by molar-refractivity contribution is -0.122. The minimum atomic E-state index is 0.0214. The summed E-state index contributed by atoms with van der Waals surface area (Å²) in [4.78, 5) is 12.5. The van der Waals surface area contributed by atoms with Crippen LogP contribution in [0.5, 0.6) is 0 Å². The van der Waals surface area contributed by atoms with Gasteiger partial charge in [0.1, 0.15) is 0 Å². The minimum absolute atomic E-state index is 0.0214. The van der Waals surface area contributed by atoms with E-state index in [2.05, 4.69) is 17.6 Å². The molecule has 1 fully saturated rings. The van der Waals surface area contributed by atoms with Gasteiger partial charge in [-0.25, -0.2) is 0 Å². The van der Waals surface area contributed by atoms with E-state index in [1.54, 1.807) is 0 Å². The fourth-order valence-corrected chi connectivity index (χ4v) is 2.68. The molecule has 21 heavy (non-hydrogen) atoms. The predicted octanol–water partition coefficient (Wildman–Crippen LogP) is 3.51. The Morgan fingerprint density at radius 1 is 1.29 bits per heavy atom. The Balaban J connectivity index is 1.98. The highest BCUT2D eigenvalue weighted by molar-refractivity contribution is 5.95. The molecule has 0 aromatic heterocycles. The Kier molecular flexibility index (Phi) is 6.05. The highest BCUT2D eigenvalue weighted by atomic mass is 16.5. The van der Waals surface area contributed by atoms with Crippen LogP contribution < -0.4 is 10.6 Å². The molecule has 1 aliphatic rings. The summed E-state index contributed by atoms with van der Waals surface area (Å²) >= 11 is 0. The average molecular weight is 290 g/mol. The van der Waals surface area contributed by atoms with Crippen molar-refractivity contribution in [2.24, 2.45) is 11.8 Å². The van der Waals surface area contributed by atoms with Gasteiger partial charge in [0.25, 0.3) is 0 Å². The summed E-state index contributed by atoms with van der Waals surface area (Å²) in [6.07, 6.45) is 3.01. The highest BCUT2D eigenvalue weighted by Gasteiger charge is 2.26.